The second-order valence-corrected chi connectivity index (χ2v) is 8.92. The van der Waals surface area contributed by atoms with E-state index in [0.29, 0.717) is 12.1 Å². The molecule has 0 aliphatic rings. The third-order valence-corrected chi connectivity index (χ3v) is 6.27. The Kier molecular flexibility index (Phi) is 7.51. The van der Waals surface area contributed by atoms with Crippen LogP contribution in [0.1, 0.15) is 41.3 Å². The highest BCUT2D eigenvalue weighted by Gasteiger charge is 2.26. The van der Waals surface area contributed by atoms with E-state index in [0.717, 1.165) is 27.8 Å². The van der Waals surface area contributed by atoms with Crippen molar-refractivity contribution >= 4 is 22.7 Å². The van der Waals surface area contributed by atoms with Gasteiger partial charge in [0.05, 0.1) is 7.11 Å². The van der Waals surface area contributed by atoms with Gasteiger partial charge in [-0.1, -0.05) is 62.4 Å². The Hall–Kier alpha value is -4.06. The van der Waals surface area contributed by atoms with Crippen molar-refractivity contribution in [1.82, 2.24) is 15.6 Å². The first-order chi connectivity index (χ1) is 17.0. The van der Waals surface area contributed by atoms with Gasteiger partial charge in [0, 0.05) is 35.1 Å². The highest BCUT2D eigenvalue weighted by atomic mass is 16.5. The minimum absolute atomic E-state index is 0.0739. The van der Waals surface area contributed by atoms with Gasteiger partial charge in [-0.25, -0.2) is 0 Å². The van der Waals surface area contributed by atoms with Gasteiger partial charge < -0.3 is 20.4 Å². The maximum atomic E-state index is 13.3. The van der Waals surface area contributed by atoms with Crippen molar-refractivity contribution in [1.29, 1.82) is 0 Å². The molecule has 0 spiro atoms. The number of carbonyl (C=O) groups is 2. The molecule has 1 heterocycles. The number of aromatic amines is 1. The van der Waals surface area contributed by atoms with Crippen molar-refractivity contribution in [2.75, 3.05) is 13.7 Å². The summed E-state index contributed by atoms with van der Waals surface area (Å²) >= 11 is 0. The van der Waals surface area contributed by atoms with Gasteiger partial charge in [-0.15, -0.1) is 0 Å². The van der Waals surface area contributed by atoms with E-state index < -0.39 is 6.04 Å². The molecule has 6 nitrogen and oxygen atoms in total. The number of benzene rings is 3. The molecule has 0 radical (unpaired) electrons. The van der Waals surface area contributed by atoms with Crippen LogP contribution in [0.3, 0.4) is 0 Å². The van der Waals surface area contributed by atoms with E-state index >= 15 is 0 Å². The Morgan fingerprint density at radius 2 is 1.60 bits per heavy atom. The van der Waals surface area contributed by atoms with Crippen LogP contribution in [0.5, 0.6) is 5.75 Å². The minimum Gasteiger partial charge on any atom is -0.497 e. The van der Waals surface area contributed by atoms with E-state index in [9.17, 15) is 9.59 Å². The largest absolute Gasteiger partial charge is 0.497 e. The summed E-state index contributed by atoms with van der Waals surface area (Å²) in [5, 5.41) is 7.12. The average molecular weight is 470 g/mol. The molecule has 0 aliphatic heterocycles. The van der Waals surface area contributed by atoms with Gasteiger partial charge in [0.25, 0.3) is 5.91 Å². The van der Waals surface area contributed by atoms with Crippen LogP contribution in [-0.4, -0.2) is 36.5 Å². The normalized spacial score (nSPS) is 12.8. The van der Waals surface area contributed by atoms with Crippen molar-refractivity contribution in [3.63, 3.8) is 0 Å². The van der Waals surface area contributed by atoms with Gasteiger partial charge >= 0.3 is 0 Å². The molecule has 2 atom stereocenters. The number of rotatable bonds is 9. The number of carbonyl (C=O) groups excluding carboxylic acids is 2. The Balaban J connectivity index is 1.56. The third-order valence-electron chi connectivity index (χ3n) is 6.27. The van der Waals surface area contributed by atoms with Gasteiger partial charge in [-0.3, -0.25) is 9.59 Å². The van der Waals surface area contributed by atoms with E-state index in [-0.39, 0.29) is 23.7 Å². The van der Waals surface area contributed by atoms with Crippen LogP contribution in [0.15, 0.2) is 85.1 Å². The van der Waals surface area contributed by atoms with Crippen molar-refractivity contribution in [2.24, 2.45) is 5.92 Å². The lowest BCUT2D eigenvalue weighted by molar-refractivity contribution is -0.123. The molecule has 3 aromatic carbocycles. The molecule has 0 aliphatic carbocycles. The number of nitrogens with one attached hydrogen (secondary N) is 3. The highest BCUT2D eigenvalue weighted by molar-refractivity contribution is 5.97. The van der Waals surface area contributed by atoms with Gasteiger partial charge in [0.15, 0.2) is 0 Å². The molecule has 6 heteroatoms. The first kappa shape index (κ1) is 24.1. The fourth-order valence-corrected chi connectivity index (χ4v) is 4.29. The first-order valence-electron chi connectivity index (χ1n) is 11.8. The molecular weight excluding hydrogens is 438 g/mol. The molecule has 4 rings (SSSR count). The summed E-state index contributed by atoms with van der Waals surface area (Å²) in [5.41, 5.74) is 3.73. The fraction of sp³-hybridized carbons (Fsp3) is 0.241. The van der Waals surface area contributed by atoms with Gasteiger partial charge in [0.2, 0.25) is 5.91 Å². The maximum Gasteiger partial charge on any atom is 0.251 e. The molecule has 1 aromatic heterocycles. The summed E-state index contributed by atoms with van der Waals surface area (Å²) in [5.74, 6) is 0.151. The number of hydrogen-bond donors (Lipinski definition) is 3. The fourth-order valence-electron chi connectivity index (χ4n) is 4.29. The third kappa shape index (κ3) is 5.54. The Bertz CT molecular complexity index is 1280. The van der Waals surface area contributed by atoms with E-state index in [1.807, 2.05) is 68.6 Å². The number of H-pyrrole nitrogens is 1. The predicted molar refractivity (Wildman–Crippen MR) is 139 cm³/mol. The van der Waals surface area contributed by atoms with E-state index in [2.05, 4.69) is 21.7 Å². The first-order valence-corrected chi connectivity index (χ1v) is 11.8. The number of amides is 2. The molecule has 35 heavy (non-hydrogen) atoms. The number of ether oxygens (including phenoxy) is 1. The average Bonchev–Trinajstić information content (AvgIpc) is 3.32. The van der Waals surface area contributed by atoms with Crippen LogP contribution in [0.2, 0.25) is 0 Å². The zero-order valence-electron chi connectivity index (χ0n) is 20.2. The maximum absolute atomic E-state index is 13.3. The van der Waals surface area contributed by atoms with E-state index in [1.54, 1.807) is 31.4 Å². The standard InChI is InChI=1S/C29H31N3O3/c1-19(2)27(32-28(33)21-9-5-4-6-10-21)29(34)31-17-24(20-13-15-22(35-3)16-14-20)25-18-30-26-12-8-7-11-23(25)26/h4-16,18-19,24,27,30H,17H2,1-3H3,(H,31,34)(H,32,33). The van der Waals surface area contributed by atoms with Crippen LogP contribution < -0.4 is 15.4 Å². The predicted octanol–water partition coefficient (Wildman–Crippen LogP) is 4.88. The van der Waals surface area contributed by atoms with Crippen LogP contribution in [0.25, 0.3) is 10.9 Å². The molecule has 0 fully saturated rings. The molecule has 4 aromatic rings. The lowest BCUT2D eigenvalue weighted by Gasteiger charge is -2.24. The Labute approximate surface area is 205 Å². The SMILES string of the molecule is COc1ccc(C(CNC(=O)C(NC(=O)c2ccccc2)C(C)C)c2c[nH]c3ccccc23)cc1. The van der Waals surface area contributed by atoms with Gasteiger partial charge in [-0.2, -0.15) is 0 Å². The topological polar surface area (TPSA) is 83.2 Å². The van der Waals surface area contributed by atoms with Crippen molar-refractivity contribution in [2.45, 2.75) is 25.8 Å². The molecule has 0 bridgehead atoms. The molecular formula is C29H31N3O3. The van der Waals surface area contributed by atoms with Crippen LogP contribution in [0.4, 0.5) is 0 Å². The highest BCUT2D eigenvalue weighted by Crippen LogP contribution is 2.31. The summed E-state index contributed by atoms with van der Waals surface area (Å²) < 4.78 is 5.32. The zero-order valence-corrected chi connectivity index (χ0v) is 20.2. The lowest BCUT2D eigenvalue weighted by atomic mass is 9.90. The summed E-state index contributed by atoms with van der Waals surface area (Å²) in [4.78, 5) is 29.3. The minimum atomic E-state index is -0.651. The monoisotopic (exact) mass is 469 g/mol. The number of aromatic nitrogens is 1. The molecule has 3 N–H and O–H groups in total. The summed E-state index contributed by atoms with van der Waals surface area (Å²) in [6, 6.07) is 24.3. The Morgan fingerprint density at radius 3 is 2.29 bits per heavy atom. The molecule has 0 saturated heterocycles. The molecule has 2 unspecified atom stereocenters. The van der Waals surface area contributed by atoms with Crippen molar-refractivity contribution in [3.05, 3.63) is 102 Å². The summed E-state index contributed by atoms with van der Waals surface area (Å²) in [6.07, 6.45) is 2.00. The summed E-state index contributed by atoms with van der Waals surface area (Å²) in [6.45, 7) is 4.24. The number of fused-ring (bicyclic) bond motifs is 1. The molecule has 0 saturated carbocycles. The molecule has 2 amide bonds. The van der Waals surface area contributed by atoms with Gasteiger partial charge in [-0.05, 0) is 47.4 Å². The number of para-hydroxylation sites is 1. The van der Waals surface area contributed by atoms with Crippen LogP contribution in [-0.2, 0) is 4.79 Å². The van der Waals surface area contributed by atoms with Crippen LogP contribution >= 0.6 is 0 Å². The smallest absolute Gasteiger partial charge is 0.251 e. The second kappa shape index (κ2) is 10.9. The van der Waals surface area contributed by atoms with E-state index in [4.69, 9.17) is 4.74 Å². The lowest BCUT2D eigenvalue weighted by Crippen LogP contribution is -2.50. The van der Waals surface area contributed by atoms with Crippen molar-refractivity contribution < 1.29 is 14.3 Å². The summed E-state index contributed by atoms with van der Waals surface area (Å²) in [7, 11) is 1.64. The quantitative estimate of drug-likeness (QED) is 0.327. The second-order valence-electron chi connectivity index (χ2n) is 8.92. The molecule has 180 valence electrons. The van der Waals surface area contributed by atoms with E-state index in [1.165, 1.54) is 0 Å². The number of hydrogen-bond acceptors (Lipinski definition) is 3. The van der Waals surface area contributed by atoms with Crippen LogP contribution in [0, 0.1) is 5.92 Å². The zero-order chi connectivity index (χ0) is 24.8. The number of methoxy groups -OCH3 is 1. The Morgan fingerprint density at radius 1 is 0.914 bits per heavy atom. The van der Waals surface area contributed by atoms with Gasteiger partial charge in [0.1, 0.15) is 11.8 Å². The van der Waals surface area contributed by atoms with Crippen molar-refractivity contribution in [3.8, 4) is 5.75 Å².